The summed E-state index contributed by atoms with van der Waals surface area (Å²) in [6.45, 7) is 6.87. The lowest BCUT2D eigenvalue weighted by molar-refractivity contribution is -0.111. The van der Waals surface area contributed by atoms with Crippen LogP contribution < -0.4 is 0 Å². The number of halogens is 3. The molecule has 2 aromatic carbocycles. The highest BCUT2D eigenvalue weighted by molar-refractivity contribution is 7.96. The number of carbonyl (C=O) groups excluding carboxylic acids is 1. The Kier molecular flexibility index (Phi) is 6.32. The number of hydrogen-bond acceptors (Lipinski definition) is 4. The van der Waals surface area contributed by atoms with Crippen LogP contribution >= 0.6 is 23.2 Å². The van der Waals surface area contributed by atoms with Crippen LogP contribution in [0.5, 0.6) is 0 Å². The molecule has 0 aromatic heterocycles. The second-order valence-corrected chi connectivity index (χ2v) is 9.78. The number of ketones is 1. The highest BCUT2D eigenvalue weighted by Gasteiger charge is 2.31. The first-order valence-corrected chi connectivity index (χ1v) is 11.2. The van der Waals surface area contributed by atoms with Gasteiger partial charge in [-0.1, -0.05) is 61.0 Å². The third-order valence-electron chi connectivity index (χ3n) is 4.73. The van der Waals surface area contributed by atoms with Crippen LogP contribution in [-0.2, 0) is 14.6 Å². The van der Waals surface area contributed by atoms with Crippen molar-refractivity contribution in [2.75, 3.05) is 0 Å². The van der Waals surface area contributed by atoms with E-state index in [0.717, 1.165) is 12.1 Å². The van der Waals surface area contributed by atoms with Gasteiger partial charge in [-0.15, -0.1) is 0 Å². The average Bonchev–Trinajstić information content (AvgIpc) is 2.70. The molecule has 3 rings (SSSR count). The van der Waals surface area contributed by atoms with Gasteiger partial charge in [0.25, 0.3) is 0 Å². The predicted molar refractivity (Wildman–Crippen MR) is 117 cm³/mol. The number of sulfone groups is 1. The van der Waals surface area contributed by atoms with E-state index in [4.69, 9.17) is 23.2 Å². The number of allylic oxidation sites excluding steroid dienone is 2. The Morgan fingerprint density at radius 3 is 2.63 bits per heavy atom. The number of aryl methyl sites for hydroxylation is 1. The fourth-order valence-electron chi connectivity index (χ4n) is 3.15. The summed E-state index contributed by atoms with van der Waals surface area (Å²) in [4.78, 5) is 16.4. The Bertz CT molecular complexity index is 1230. The maximum absolute atomic E-state index is 13.6. The van der Waals surface area contributed by atoms with Crippen molar-refractivity contribution >= 4 is 44.5 Å². The first kappa shape index (κ1) is 22.4. The Morgan fingerprint density at radius 1 is 1.23 bits per heavy atom. The first-order valence-electron chi connectivity index (χ1n) is 9.01. The summed E-state index contributed by atoms with van der Waals surface area (Å²) in [5.74, 6) is -1.67. The Balaban J connectivity index is 2.01. The van der Waals surface area contributed by atoms with Gasteiger partial charge in [0.1, 0.15) is 16.4 Å². The monoisotopic (exact) mass is 465 g/mol. The highest BCUT2D eigenvalue weighted by Crippen LogP contribution is 2.32. The number of aliphatic imine (C=N–C) groups is 1. The molecule has 0 fully saturated rings. The summed E-state index contributed by atoms with van der Waals surface area (Å²) < 4.78 is 39.5. The molecule has 1 aliphatic rings. The van der Waals surface area contributed by atoms with Gasteiger partial charge in [-0.3, -0.25) is 4.79 Å². The molecule has 0 spiro atoms. The molecule has 1 aliphatic heterocycles. The van der Waals surface area contributed by atoms with E-state index in [0.29, 0.717) is 33.3 Å². The molecule has 1 heterocycles. The van der Waals surface area contributed by atoms with Crippen LogP contribution in [0.2, 0.25) is 10.0 Å². The largest absolute Gasteiger partial charge is 0.286 e. The van der Waals surface area contributed by atoms with E-state index in [9.17, 15) is 17.6 Å². The molecule has 0 saturated carbocycles. The van der Waals surface area contributed by atoms with Crippen molar-refractivity contribution in [3.8, 4) is 0 Å². The quantitative estimate of drug-likeness (QED) is 0.531. The van der Waals surface area contributed by atoms with Crippen molar-refractivity contribution in [3.05, 3.63) is 86.6 Å². The molecular formula is C22H18Cl2FNO3S. The molecule has 4 nitrogen and oxygen atoms in total. The molecule has 0 amide bonds. The number of nitrogens with zero attached hydrogens (tertiary/aromatic N) is 1. The predicted octanol–water partition coefficient (Wildman–Crippen LogP) is 5.71. The lowest BCUT2D eigenvalue weighted by Gasteiger charge is -2.19. The van der Waals surface area contributed by atoms with Gasteiger partial charge >= 0.3 is 0 Å². The van der Waals surface area contributed by atoms with Crippen molar-refractivity contribution in [1.82, 2.24) is 0 Å². The van der Waals surface area contributed by atoms with Gasteiger partial charge in [-0.05, 0) is 43.0 Å². The standard InChI is InChI=1S/C22H18Cl2FNO3S/c1-12-9-18(16-5-4-6-17(23)21(16)24)26-19(10-12)22(27)14(3)30(28,29)20-11-15(25)8-7-13(20)2/h4-8,10-12H,3,9H2,1-2H3. The van der Waals surface area contributed by atoms with Crippen molar-refractivity contribution < 1.29 is 17.6 Å². The molecule has 1 atom stereocenters. The zero-order valence-corrected chi connectivity index (χ0v) is 18.6. The summed E-state index contributed by atoms with van der Waals surface area (Å²) >= 11 is 12.4. The van der Waals surface area contributed by atoms with E-state index < -0.39 is 26.3 Å². The number of benzene rings is 2. The highest BCUT2D eigenvalue weighted by atomic mass is 35.5. The van der Waals surface area contributed by atoms with Gasteiger partial charge in [-0.2, -0.15) is 0 Å². The Morgan fingerprint density at radius 2 is 1.93 bits per heavy atom. The zero-order chi connectivity index (χ0) is 22.2. The normalized spacial score (nSPS) is 16.6. The van der Waals surface area contributed by atoms with Crippen molar-refractivity contribution in [1.29, 1.82) is 0 Å². The van der Waals surface area contributed by atoms with Crippen molar-refractivity contribution in [2.24, 2.45) is 10.9 Å². The number of carbonyl (C=O) groups is 1. The van der Waals surface area contributed by atoms with Gasteiger partial charge in [0, 0.05) is 5.56 Å². The van der Waals surface area contributed by atoms with Gasteiger partial charge in [0.15, 0.2) is 0 Å². The van der Waals surface area contributed by atoms with Crippen LogP contribution in [0.25, 0.3) is 0 Å². The van der Waals surface area contributed by atoms with Gasteiger partial charge in [-0.25, -0.2) is 17.8 Å². The third kappa shape index (κ3) is 4.26. The van der Waals surface area contributed by atoms with Crippen LogP contribution in [0.15, 0.2) is 69.5 Å². The molecule has 2 aromatic rings. The summed E-state index contributed by atoms with van der Waals surface area (Å²) in [5, 5.41) is 0.654. The molecule has 0 N–H and O–H groups in total. The van der Waals surface area contributed by atoms with Crippen LogP contribution in [0.4, 0.5) is 4.39 Å². The van der Waals surface area contributed by atoms with Crippen LogP contribution in [0.3, 0.4) is 0 Å². The SMILES string of the molecule is C=C(C(=O)C1=CC(C)CC(c2cccc(Cl)c2Cl)=N1)S(=O)(=O)c1cc(F)ccc1C. The third-order valence-corrected chi connectivity index (χ3v) is 7.40. The number of rotatable bonds is 5. The lowest BCUT2D eigenvalue weighted by atomic mass is 9.94. The maximum Gasteiger partial charge on any atom is 0.222 e. The minimum atomic E-state index is -4.30. The van der Waals surface area contributed by atoms with Crippen molar-refractivity contribution in [3.63, 3.8) is 0 Å². The summed E-state index contributed by atoms with van der Waals surface area (Å²) in [5.41, 5.74) is 1.35. The summed E-state index contributed by atoms with van der Waals surface area (Å²) in [6, 6.07) is 8.44. The van der Waals surface area contributed by atoms with E-state index in [1.165, 1.54) is 13.0 Å². The molecule has 0 saturated heterocycles. The topological polar surface area (TPSA) is 63.6 Å². The molecule has 8 heteroatoms. The molecule has 0 radical (unpaired) electrons. The van der Waals surface area contributed by atoms with Crippen LogP contribution in [0, 0.1) is 18.7 Å². The summed E-state index contributed by atoms with van der Waals surface area (Å²) in [6.07, 6.45) is 2.09. The molecule has 1 unspecified atom stereocenters. The Hall–Kier alpha value is -2.28. The first-order chi connectivity index (χ1) is 14.0. The smallest absolute Gasteiger partial charge is 0.222 e. The summed E-state index contributed by atoms with van der Waals surface area (Å²) in [7, 11) is -4.30. The molecule has 0 bridgehead atoms. The van der Waals surface area contributed by atoms with E-state index in [2.05, 4.69) is 11.6 Å². The number of Topliss-reactive ketones (excluding diaryl/α,β-unsaturated/α-hetero) is 1. The fourth-order valence-corrected chi connectivity index (χ4v) is 4.93. The van der Waals surface area contributed by atoms with Crippen molar-refractivity contribution in [2.45, 2.75) is 25.2 Å². The molecular weight excluding hydrogens is 448 g/mol. The lowest BCUT2D eigenvalue weighted by Crippen LogP contribution is -2.20. The molecule has 0 aliphatic carbocycles. The van der Waals surface area contributed by atoms with E-state index in [1.807, 2.05) is 6.92 Å². The second-order valence-electron chi connectivity index (χ2n) is 7.06. The zero-order valence-electron chi connectivity index (χ0n) is 16.2. The minimum Gasteiger partial charge on any atom is -0.286 e. The van der Waals surface area contributed by atoms with Crippen LogP contribution in [0.1, 0.15) is 24.5 Å². The average molecular weight is 466 g/mol. The van der Waals surface area contributed by atoms with Gasteiger partial charge in [0.05, 0.1) is 20.7 Å². The van der Waals surface area contributed by atoms with Gasteiger partial charge in [0.2, 0.25) is 15.6 Å². The van der Waals surface area contributed by atoms with Gasteiger partial charge < -0.3 is 0 Å². The Labute approximate surface area is 184 Å². The van der Waals surface area contributed by atoms with E-state index in [-0.39, 0.29) is 16.5 Å². The number of hydrogen-bond donors (Lipinski definition) is 0. The van der Waals surface area contributed by atoms with E-state index in [1.54, 1.807) is 24.3 Å². The van der Waals surface area contributed by atoms with Crippen LogP contribution in [-0.4, -0.2) is 19.9 Å². The second kappa shape index (κ2) is 8.46. The van der Waals surface area contributed by atoms with E-state index >= 15 is 0 Å². The maximum atomic E-state index is 13.6. The fraction of sp³-hybridized carbons (Fsp3) is 0.182. The minimum absolute atomic E-state index is 0.0533. The molecule has 156 valence electrons. The molecule has 30 heavy (non-hydrogen) atoms.